The van der Waals surface area contributed by atoms with Crippen molar-refractivity contribution in [2.24, 2.45) is 0 Å². The molecule has 0 amide bonds. The molecular weight excluding hydrogens is 339 g/mol. The van der Waals surface area contributed by atoms with Crippen LogP contribution in [0, 0.1) is 5.82 Å². The minimum atomic E-state index is -0.316. The molecule has 0 spiro atoms. The van der Waals surface area contributed by atoms with Gasteiger partial charge in [0.25, 0.3) is 0 Å². The van der Waals surface area contributed by atoms with Crippen LogP contribution < -0.4 is 4.74 Å². The molecule has 4 aromatic rings. The van der Waals surface area contributed by atoms with Crippen LogP contribution in [0.25, 0.3) is 16.3 Å². The summed E-state index contributed by atoms with van der Waals surface area (Å²) < 4.78 is 21.2. The van der Waals surface area contributed by atoms with Gasteiger partial charge in [0, 0.05) is 5.56 Å². The summed E-state index contributed by atoms with van der Waals surface area (Å²) in [6.45, 7) is 2.05. The number of rotatable bonds is 5. The lowest BCUT2D eigenvalue weighted by Crippen LogP contribution is -2.07. The molecule has 0 N–H and O–H groups in total. The van der Waals surface area contributed by atoms with Gasteiger partial charge in [-0.1, -0.05) is 48.6 Å². The molecule has 1 atom stereocenters. The summed E-state index contributed by atoms with van der Waals surface area (Å²) in [5.41, 5.74) is 0.640. The largest absolute Gasteiger partial charge is 0.483 e. The summed E-state index contributed by atoms with van der Waals surface area (Å²) in [6, 6.07) is 15.9. The number of para-hydroxylation sites is 1. The van der Waals surface area contributed by atoms with E-state index in [4.69, 9.17) is 4.74 Å². The molecule has 0 fully saturated rings. The molecule has 0 unspecified atom stereocenters. The number of benzene rings is 2. The van der Waals surface area contributed by atoms with Crippen LogP contribution >= 0.6 is 11.3 Å². The van der Waals surface area contributed by atoms with E-state index in [1.54, 1.807) is 16.6 Å². The van der Waals surface area contributed by atoms with Gasteiger partial charge >= 0.3 is 0 Å². The van der Waals surface area contributed by atoms with E-state index in [0.29, 0.717) is 16.3 Å². The fourth-order valence-electron chi connectivity index (χ4n) is 2.54. The zero-order valence-electron chi connectivity index (χ0n) is 13.5. The van der Waals surface area contributed by atoms with Crippen LogP contribution in [-0.4, -0.2) is 19.8 Å². The smallest absolute Gasteiger partial charge is 0.235 e. The molecule has 2 heterocycles. The second-order valence-corrected chi connectivity index (χ2v) is 6.48. The van der Waals surface area contributed by atoms with Crippen molar-refractivity contribution in [2.75, 3.05) is 0 Å². The zero-order valence-corrected chi connectivity index (χ0v) is 14.3. The fraction of sp³-hybridized carbons (Fsp3) is 0.167. The minimum Gasteiger partial charge on any atom is -0.483 e. The Morgan fingerprint density at radius 2 is 1.96 bits per heavy atom. The first-order chi connectivity index (χ1) is 12.2. The third kappa shape index (κ3) is 3.10. The molecule has 0 aliphatic rings. The molecule has 4 rings (SSSR count). The second kappa shape index (κ2) is 6.60. The SMILES string of the molecule is CC[C@H](Oc1ccccc1)c1nn2c(-c3cccc(F)c3)nnc2s1. The lowest BCUT2D eigenvalue weighted by atomic mass is 10.2. The zero-order chi connectivity index (χ0) is 17.2. The molecule has 5 nitrogen and oxygen atoms in total. The maximum absolute atomic E-state index is 13.5. The number of aromatic nitrogens is 4. The van der Waals surface area contributed by atoms with Gasteiger partial charge in [0.1, 0.15) is 11.6 Å². The number of nitrogens with zero attached hydrogens (tertiary/aromatic N) is 4. The molecule has 7 heteroatoms. The predicted octanol–water partition coefficient (Wildman–Crippen LogP) is 4.52. The molecule has 0 aliphatic carbocycles. The van der Waals surface area contributed by atoms with E-state index in [-0.39, 0.29) is 11.9 Å². The number of fused-ring (bicyclic) bond motifs is 1. The quantitative estimate of drug-likeness (QED) is 0.529. The minimum absolute atomic E-state index is 0.172. The lowest BCUT2D eigenvalue weighted by Gasteiger charge is -2.14. The topological polar surface area (TPSA) is 52.3 Å². The van der Waals surface area contributed by atoms with Crippen molar-refractivity contribution in [1.82, 2.24) is 19.8 Å². The lowest BCUT2D eigenvalue weighted by molar-refractivity contribution is 0.199. The Morgan fingerprint density at radius 3 is 2.72 bits per heavy atom. The average Bonchev–Trinajstić information content (AvgIpc) is 3.21. The molecule has 0 bridgehead atoms. The Bertz CT molecular complexity index is 999. The third-order valence-corrected chi connectivity index (χ3v) is 4.75. The molecule has 0 saturated heterocycles. The molecule has 25 heavy (non-hydrogen) atoms. The summed E-state index contributed by atoms with van der Waals surface area (Å²) in [5.74, 6) is 1.00. The van der Waals surface area contributed by atoms with Gasteiger partial charge in [0.15, 0.2) is 16.9 Å². The summed E-state index contributed by atoms with van der Waals surface area (Å²) in [5, 5.41) is 13.7. The number of ether oxygens (including phenoxy) is 1. The van der Waals surface area contributed by atoms with Crippen LogP contribution in [0.4, 0.5) is 4.39 Å². The van der Waals surface area contributed by atoms with Crippen molar-refractivity contribution in [3.63, 3.8) is 0 Å². The van der Waals surface area contributed by atoms with Crippen molar-refractivity contribution in [2.45, 2.75) is 19.4 Å². The molecule has 0 saturated carbocycles. The Kier molecular flexibility index (Phi) is 4.15. The van der Waals surface area contributed by atoms with Crippen LogP contribution in [-0.2, 0) is 0 Å². The molecule has 2 aromatic heterocycles. The van der Waals surface area contributed by atoms with Gasteiger partial charge < -0.3 is 4.74 Å². The summed E-state index contributed by atoms with van der Waals surface area (Å²) in [6.07, 6.45) is 0.600. The standard InChI is InChI=1S/C18H15FN4OS/c1-2-15(24-14-9-4-3-5-10-14)17-22-23-16(20-21-18(23)25-17)12-7-6-8-13(19)11-12/h3-11,15H,2H2,1H3/t15-/m0/s1. The highest BCUT2D eigenvalue weighted by Crippen LogP contribution is 2.29. The van der Waals surface area contributed by atoms with Crippen molar-refractivity contribution in [3.05, 3.63) is 65.4 Å². The Balaban J connectivity index is 1.69. The normalized spacial score (nSPS) is 12.4. The second-order valence-electron chi connectivity index (χ2n) is 5.50. The van der Waals surface area contributed by atoms with Crippen molar-refractivity contribution in [3.8, 4) is 17.1 Å². The molecule has 126 valence electrons. The van der Waals surface area contributed by atoms with Crippen LogP contribution in [0.2, 0.25) is 0 Å². The van der Waals surface area contributed by atoms with Crippen molar-refractivity contribution >= 4 is 16.3 Å². The Labute approximate surface area is 147 Å². The highest BCUT2D eigenvalue weighted by Gasteiger charge is 2.20. The average molecular weight is 354 g/mol. The van der Waals surface area contributed by atoms with Gasteiger partial charge in [-0.2, -0.15) is 9.61 Å². The van der Waals surface area contributed by atoms with Gasteiger partial charge in [-0.3, -0.25) is 0 Å². The number of hydrogen-bond acceptors (Lipinski definition) is 5. The monoisotopic (exact) mass is 354 g/mol. The summed E-state index contributed by atoms with van der Waals surface area (Å²) in [4.78, 5) is 0.657. The highest BCUT2D eigenvalue weighted by molar-refractivity contribution is 7.16. The van der Waals surface area contributed by atoms with Gasteiger partial charge in [0.05, 0.1) is 0 Å². The van der Waals surface area contributed by atoms with Crippen LogP contribution in [0.15, 0.2) is 54.6 Å². The van der Waals surface area contributed by atoms with Gasteiger partial charge in [0.2, 0.25) is 4.96 Å². The van der Waals surface area contributed by atoms with E-state index in [1.165, 1.54) is 23.5 Å². The maximum Gasteiger partial charge on any atom is 0.235 e. The number of hydrogen-bond donors (Lipinski definition) is 0. The fourth-order valence-corrected chi connectivity index (χ4v) is 3.49. The van der Waals surface area contributed by atoms with Gasteiger partial charge in [-0.05, 0) is 30.7 Å². The van der Waals surface area contributed by atoms with E-state index in [2.05, 4.69) is 15.3 Å². The maximum atomic E-state index is 13.5. The van der Waals surface area contributed by atoms with Crippen LogP contribution in [0.3, 0.4) is 0 Å². The van der Waals surface area contributed by atoms with Crippen LogP contribution in [0.1, 0.15) is 24.5 Å². The Morgan fingerprint density at radius 1 is 1.12 bits per heavy atom. The first-order valence-electron chi connectivity index (χ1n) is 7.94. The van der Waals surface area contributed by atoms with Gasteiger partial charge in [-0.25, -0.2) is 4.39 Å². The van der Waals surface area contributed by atoms with E-state index < -0.39 is 0 Å². The molecule has 2 aromatic carbocycles. The van der Waals surface area contributed by atoms with Crippen molar-refractivity contribution < 1.29 is 9.13 Å². The first-order valence-corrected chi connectivity index (χ1v) is 8.76. The first kappa shape index (κ1) is 15.7. The number of halogens is 1. The molecular formula is C18H15FN4OS. The van der Waals surface area contributed by atoms with E-state index in [9.17, 15) is 4.39 Å². The van der Waals surface area contributed by atoms with E-state index in [1.807, 2.05) is 37.3 Å². The van der Waals surface area contributed by atoms with E-state index >= 15 is 0 Å². The third-order valence-electron chi connectivity index (χ3n) is 3.76. The molecule has 0 aliphatic heterocycles. The summed E-state index contributed by atoms with van der Waals surface area (Å²) >= 11 is 1.43. The van der Waals surface area contributed by atoms with Crippen molar-refractivity contribution in [1.29, 1.82) is 0 Å². The van der Waals surface area contributed by atoms with Gasteiger partial charge in [-0.15, -0.1) is 10.2 Å². The highest BCUT2D eigenvalue weighted by atomic mass is 32.1. The summed E-state index contributed by atoms with van der Waals surface area (Å²) in [7, 11) is 0. The van der Waals surface area contributed by atoms with Crippen LogP contribution in [0.5, 0.6) is 5.75 Å². The molecule has 0 radical (unpaired) electrons. The predicted molar refractivity (Wildman–Crippen MR) is 94.2 cm³/mol. The Hall–Kier alpha value is -2.80. The van der Waals surface area contributed by atoms with E-state index in [0.717, 1.165) is 17.2 Å².